The van der Waals surface area contributed by atoms with Crippen LogP contribution < -0.4 is 9.47 Å². The summed E-state index contributed by atoms with van der Waals surface area (Å²) in [6.45, 7) is 1.06. The molecule has 0 amide bonds. The third kappa shape index (κ3) is 1.79. The fourth-order valence-electron chi connectivity index (χ4n) is 2.80. The fraction of sp³-hybridized carbons (Fsp3) is 0.500. The molecule has 4 nitrogen and oxygen atoms in total. The van der Waals surface area contributed by atoms with Crippen LogP contribution in [-0.2, 0) is 10.2 Å². The summed E-state index contributed by atoms with van der Waals surface area (Å²) in [4.78, 5) is 12.6. The van der Waals surface area contributed by atoms with Crippen molar-refractivity contribution in [3.8, 4) is 11.5 Å². The molecule has 1 heterocycles. The molecule has 1 aromatic rings. The maximum Gasteiger partial charge on any atom is 0.314 e. The highest BCUT2D eigenvalue weighted by molar-refractivity contribution is 7.98. The number of thioether (sulfide) groups is 1. The van der Waals surface area contributed by atoms with Crippen molar-refractivity contribution >= 4 is 17.7 Å². The highest BCUT2D eigenvalue weighted by Gasteiger charge is 2.48. The first-order valence-electron chi connectivity index (χ1n) is 6.39. The maximum atomic E-state index is 11.7. The van der Waals surface area contributed by atoms with Gasteiger partial charge in [-0.1, -0.05) is 12.5 Å². The molecule has 1 aromatic carbocycles. The van der Waals surface area contributed by atoms with Gasteiger partial charge in [-0.25, -0.2) is 0 Å². The van der Waals surface area contributed by atoms with E-state index in [-0.39, 0.29) is 0 Å². The molecule has 1 aliphatic heterocycles. The zero-order valence-corrected chi connectivity index (χ0v) is 11.6. The zero-order valence-electron chi connectivity index (χ0n) is 10.8. The zero-order chi connectivity index (χ0) is 13.5. The second kappa shape index (κ2) is 4.63. The van der Waals surface area contributed by atoms with E-state index in [0.29, 0.717) is 31.8 Å². The Balaban J connectivity index is 2.14. The SMILES string of the molecule is CSc1c(C2(C(=O)O)CCC2)ccc2c1OCCO2. The molecule has 3 rings (SSSR count). The molecule has 0 radical (unpaired) electrons. The second-order valence-electron chi connectivity index (χ2n) is 4.91. The fourth-order valence-corrected chi connectivity index (χ4v) is 3.63. The normalized spacial score (nSPS) is 19.6. The maximum absolute atomic E-state index is 11.7. The Bertz CT molecular complexity index is 522. The van der Waals surface area contributed by atoms with Crippen LogP contribution in [0.5, 0.6) is 11.5 Å². The Morgan fingerprint density at radius 1 is 1.32 bits per heavy atom. The van der Waals surface area contributed by atoms with Gasteiger partial charge in [0.25, 0.3) is 0 Å². The molecule has 5 heteroatoms. The van der Waals surface area contributed by atoms with Gasteiger partial charge in [-0.3, -0.25) is 4.79 Å². The van der Waals surface area contributed by atoms with Crippen LogP contribution in [0.15, 0.2) is 17.0 Å². The number of carboxylic acids is 1. The van der Waals surface area contributed by atoms with Crippen LogP contribution in [0.25, 0.3) is 0 Å². The first kappa shape index (κ1) is 12.7. The summed E-state index contributed by atoms with van der Waals surface area (Å²) < 4.78 is 11.3. The lowest BCUT2D eigenvalue weighted by molar-refractivity contribution is -0.147. The van der Waals surface area contributed by atoms with Crippen molar-refractivity contribution in [3.63, 3.8) is 0 Å². The molecule has 1 saturated carbocycles. The van der Waals surface area contributed by atoms with Gasteiger partial charge >= 0.3 is 5.97 Å². The Kier molecular flexibility index (Phi) is 3.09. The summed E-state index contributed by atoms with van der Waals surface area (Å²) in [5.41, 5.74) is 0.150. The largest absolute Gasteiger partial charge is 0.486 e. The van der Waals surface area contributed by atoms with E-state index in [1.165, 1.54) is 11.8 Å². The predicted molar refractivity (Wildman–Crippen MR) is 72.4 cm³/mol. The number of carboxylic acid groups (broad SMARTS) is 1. The summed E-state index contributed by atoms with van der Waals surface area (Å²) in [7, 11) is 0. The number of hydrogen-bond acceptors (Lipinski definition) is 4. The highest BCUT2D eigenvalue weighted by Crippen LogP contribution is 2.51. The number of rotatable bonds is 3. The molecular formula is C14H16O4S. The minimum atomic E-state index is -0.731. The minimum absolute atomic E-state index is 0.518. The summed E-state index contributed by atoms with van der Waals surface area (Å²) in [5.74, 6) is 0.703. The first-order valence-corrected chi connectivity index (χ1v) is 7.62. The van der Waals surface area contributed by atoms with Crippen molar-refractivity contribution in [1.29, 1.82) is 0 Å². The van der Waals surface area contributed by atoms with Crippen LogP contribution in [0.2, 0.25) is 0 Å². The summed E-state index contributed by atoms with van der Waals surface area (Å²) in [6, 6.07) is 3.74. The number of benzene rings is 1. The molecular weight excluding hydrogens is 264 g/mol. The third-order valence-corrected chi connectivity index (χ3v) is 4.81. The number of carbonyl (C=O) groups is 1. The van der Waals surface area contributed by atoms with Gasteiger partial charge < -0.3 is 14.6 Å². The van der Waals surface area contributed by atoms with Crippen LogP contribution >= 0.6 is 11.8 Å². The number of aliphatic carboxylic acids is 1. The van der Waals surface area contributed by atoms with Crippen molar-refractivity contribution < 1.29 is 19.4 Å². The highest BCUT2D eigenvalue weighted by atomic mass is 32.2. The molecule has 2 aliphatic rings. The van der Waals surface area contributed by atoms with Gasteiger partial charge in [0.15, 0.2) is 11.5 Å². The quantitative estimate of drug-likeness (QED) is 0.863. The van der Waals surface area contributed by atoms with E-state index >= 15 is 0 Å². The van der Waals surface area contributed by atoms with Gasteiger partial charge in [0.2, 0.25) is 0 Å². The van der Waals surface area contributed by atoms with E-state index < -0.39 is 11.4 Å². The number of fused-ring (bicyclic) bond motifs is 1. The molecule has 19 heavy (non-hydrogen) atoms. The van der Waals surface area contributed by atoms with E-state index in [1.54, 1.807) is 0 Å². The van der Waals surface area contributed by atoms with E-state index in [4.69, 9.17) is 9.47 Å². The first-order chi connectivity index (χ1) is 9.19. The molecule has 0 saturated heterocycles. The summed E-state index contributed by atoms with van der Waals surface area (Å²) in [6.07, 6.45) is 4.32. The summed E-state index contributed by atoms with van der Waals surface area (Å²) >= 11 is 1.54. The number of hydrogen-bond donors (Lipinski definition) is 1. The molecule has 102 valence electrons. The monoisotopic (exact) mass is 280 g/mol. The van der Waals surface area contributed by atoms with Crippen molar-refractivity contribution in [1.82, 2.24) is 0 Å². The van der Waals surface area contributed by atoms with Gasteiger partial charge in [0.05, 0.1) is 10.3 Å². The van der Waals surface area contributed by atoms with Gasteiger partial charge in [-0.2, -0.15) is 0 Å². The van der Waals surface area contributed by atoms with Crippen molar-refractivity contribution in [2.24, 2.45) is 0 Å². The van der Waals surface area contributed by atoms with Gasteiger partial charge in [0, 0.05) is 0 Å². The third-order valence-electron chi connectivity index (χ3n) is 4.00. The minimum Gasteiger partial charge on any atom is -0.486 e. The van der Waals surface area contributed by atoms with Gasteiger partial charge in [-0.05, 0) is 30.7 Å². The van der Waals surface area contributed by atoms with Crippen LogP contribution in [0.4, 0.5) is 0 Å². The molecule has 0 spiro atoms. The van der Waals surface area contributed by atoms with E-state index in [9.17, 15) is 9.90 Å². The van der Waals surface area contributed by atoms with Crippen molar-refractivity contribution in [2.45, 2.75) is 29.6 Å². The molecule has 0 atom stereocenters. The van der Waals surface area contributed by atoms with Gasteiger partial charge in [0.1, 0.15) is 13.2 Å². The molecule has 1 aliphatic carbocycles. The van der Waals surface area contributed by atoms with E-state index in [2.05, 4.69) is 0 Å². The number of ether oxygens (including phenoxy) is 2. The summed E-state index contributed by atoms with van der Waals surface area (Å²) in [5, 5.41) is 9.58. The molecule has 1 N–H and O–H groups in total. The van der Waals surface area contributed by atoms with Crippen LogP contribution in [0.1, 0.15) is 24.8 Å². The molecule has 1 fully saturated rings. The van der Waals surface area contributed by atoms with E-state index in [0.717, 1.165) is 22.6 Å². The molecule has 0 bridgehead atoms. The van der Waals surface area contributed by atoms with Crippen molar-refractivity contribution in [2.75, 3.05) is 19.5 Å². The Morgan fingerprint density at radius 2 is 2.05 bits per heavy atom. The Morgan fingerprint density at radius 3 is 2.63 bits per heavy atom. The average Bonchev–Trinajstić information content (AvgIpc) is 2.36. The average molecular weight is 280 g/mol. The Hall–Kier alpha value is -1.36. The lowest BCUT2D eigenvalue weighted by atomic mass is 9.64. The Labute approximate surface area is 116 Å². The molecule has 0 aromatic heterocycles. The lowest BCUT2D eigenvalue weighted by Gasteiger charge is -2.39. The standard InChI is InChI=1S/C14H16O4S/c1-19-12-9(14(13(15)16)5-2-6-14)3-4-10-11(12)18-8-7-17-10/h3-4H,2,5-8H2,1H3,(H,15,16). The second-order valence-corrected chi connectivity index (χ2v) is 5.73. The van der Waals surface area contributed by atoms with Gasteiger partial charge in [-0.15, -0.1) is 11.8 Å². The van der Waals surface area contributed by atoms with Crippen LogP contribution in [0, 0.1) is 0 Å². The molecule has 0 unspecified atom stereocenters. The lowest BCUT2D eigenvalue weighted by Crippen LogP contribution is -2.42. The predicted octanol–water partition coefficient (Wildman–Crippen LogP) is 2.69. The van der Waals surface area contributed by atoms with Crippen LogP contribution in [0.3, 0.4) is 0 Å². The van der Waals surface area contributed by atoms with E-state index in [1.807, 2.05) is 18.4 Å². The van der Waals surface area contributed by atoms with Crippen molar-refractivity contribution in [3.05, 3.63) is 17.7 Å². The van der Waals surface area contributed by atoms with Crippen LogP contribution in [-0.4, -0.2) is 30.5 Å². The topological polar surface area (TPSA) is 55.8 Å². The smallest absolute Gasteiger partial charge is 0.314 e.